The molecule has 0 aromatic heterocycles. The van der Waals surface area contributed by atoms with E-state index in [1.54, 1.807) is 0 Å². The van der Waals surface area contributed by atoms with Gasteiger partial charge in [-0.05, 0) is 30.5 Å². The quantitative estimate of drug-likeness (QED) is 0.766. The number of hydrogen-bond acceptors (Lipinski definition) is 4. The first kappa shape index (κ1) is 13.3. The van der Waals surface area contributed by atoms with E-state index in [9.17, 15) is 5.11 Å². The molecule has 2 rings (SSSR count). The van der Waals surface area contributed by atoms with E-state index in [0.717, 1.165) is 25.2 Å². The summed E-state index contributed by atoms with van der Waals surface area (Å²) in [5, 5.41) is 9.84. The van der Waals surface area contributed by atoms with Crippen molar-refractivity contribution < 1.29 is 9.84 Å². The number of fused-ring (bicyclic) bond motifs is 1. The highest BCUT2D eigenvalue weighted by molar-refractivity contribution is 5.51. The largest absolute Gasteiger partial charge is 0.398 e. The molecular formula is C14H22N2O2. The lowest BCUT2D eigenvalue weighted by Gasteiger charge is -2.30. The van der Waals surface area contributed by atoms with Crippen molar-refractivity contribution in [2.75, 3.05) is 32.0 Å². The highest BCUT2D eigenvalue weighted by Gasteiger charge is 2.19. The lowest BCUT2D eigenvalue weighted by atomic mass is 9.98. The van der Waals surface area contributed by atoms with Gasteiger partial charge in [0.05, 0.1) is 12.7 Å². The fourth-order valence-electron chi connectivity index (χ4n) is 2.46. The van der Waals surface area contributed by atoms with E-state index >= 15 is 0 Å². The van der Waals surface area contributed by atoms with Crippen LogP contribution < -0.4 is 5.73 Å². The molecule has 1 unspecified atom stereocenters. The topological polar surface area (TPSA) is 58.7 Å². The molecule has 0 fully saturated rings. The van der Waals surface area contributed by atoms with Gasteiger partial charge < -0.3 is 15.6 Å². The monoisotopic (exact) mass is 250 g/mol. The van der Waals surface area contributed by atoms with Gasteiger partial charge in [0.25, 0.3) is 0 Å². The second-order valence-electron chi connectivity index (χ2n) is 4.78. The first-order chi connectivity index (χ1) is 8.70. The molecule has 4 heteroatoms. The van der Waals surface area contributed by atoms with E-state index in [1.165, 1.54) is 11.1 Å². The number of anilines is 1. The summed E-state index contributed by atoms with van der Waals surface area (Å²) in [6, 6.07) is 6.07. The molecule has 1 aliphatic heterocycles. The van der Waals surface area contributed by atoms with Crippen molar-refractivity contribution in [1.29, 1.82) is 0 Å². The van der Waals surface area contributed by atoms with Crippen molar-refractivity contribution in [2.24, 2.45) is 0 Å². The summed E-state index contributed by atoms with van der Waals surface area (Å²) in [4.78, 5) is 2.26. The Morgan fingerprint density at radius 2 is 2.33 bits per heavy atom. The zero-order chi connectivity index (χ0) is 13.0. The van der Waals surface area contributed by atoms with Gasteiger partial charge in [0.2, 0.25) is 0 Å². The number of aliphatic hydroxyl groups is 1. The van der Waals surface area contributed by atoms with Crippen molar-refractivity contribution in [2.45, 2.75) is 26.0 Å². The Kier molecular flexibility index (Phi) is 4.58. The zero-order valence-corrected chi connectivity index (χ0v) is 10.9. The van der Waals surface area contributed by atoms with Gasteiger partial charge in [0.1, 0.15) is 0 Å². The molecule has 0 amide bonds. The molecule has 1 aromatic carbocycles. The molecule has 1 aromatic rings. The van der Waals surface area contributed by atoms with Crippen molar-refractivity contribution in [3.8, 4) is 0 Å². The maximum atomic E-state index is 9.84. The van der Waals surface area contributed by atoms with Gasteiger partial charge in [-0.15, -0.1) is 0 Å². The van der Waals surface area contributed by atoms with Crippen LogP contribution in [-0.2, 0) is 17.7 Å². The minimum Gasteiger partial charge on any atom is -0.398 e. The predicted molar refractivity (Wildman–Crippen MR) is 72.3 cm³/mol. The molecule has 0 saturated heterocycles. The average Bonchev–Trinajstić information content (AvgIpc) is 2.36. The molecule has 3 N–H and O–H groups in total. The van der Waals surface area contributed by atoms with E-state index in [4.69, 9.17) is 10.5 Å². The van der Waals surface area contributed by atoms with Gasteiger partial charge in [-0.2, -0.15) is 0 Å². The average molecular weight is 250 g/mol. The fourth-order valence-corrected chi connectivity index (χ4v) is 2.46. The summed E-state index contributed by atoms with van der Waals surface area (Å²) in [5.41, 5.74) is 9.41. The number of nitrogen functional groups attached to an aromatic ring is 1. The summed E-state index contributed by atoms with van der Waals surface area (Å²) < 4.78 is 5.23. The Hall–Kier alpha value is -1.10. The molecule has 0 saturated carbocycles. The van der Waals surface area contributed by atoms with E-state index in [1.807, 2.05) is 19.1 Å². The summed E-state index contributed by atoms with van der Waals surface area (Å²) in [7, 11) is 0. The number of aliphatic hydroxyl groups excluding tert-OH is 1. The lowest BCUT2D eigenvalue weighted by Crippen LogP contribution is -2.38. The van der Waals surface area contributed by atoms with Crippen LogP contribution in [0.25, 0.3) is 0 Å². The van der Waals surface area contributed by atoms with Crippen molar-refractivity contribution in [3.05, 3.63) is 29.3 Å². The lowest BCUT2D eigenvalue weighted by molar-refractivity contribution is 0.0187. The second-order valence-corrected chi connectivity index (χ2v) is 4.78. The molecule has 4 nitrogen and oxygen atoms in total. The third kappa shape index (κ3) is 3.22. The minimum absolute atomic E-state index is 0.410. The molecule has 0 spiro atoms. The van der Waals surface area contributed by atoms with Crippen LogP contribution in [0.3, 0.4) is 0 Å². The van der Waals surface area contributed by atoms with Crippen LogP contribution >= 0.6 is 0 Å². The SMILES string of the molecule is CCOCC(O)CN1CCc2c(N)cccc2C1. The number of β-amino-alcohol motifs (C(OH)–C–C–N with tert-alkyl or cyclic N) is 1. The smallest absolute Gasteiger partial charge is 0.0900 e. The van der Waals surface area contributed by atoms with Crippen molar-refractivity contribution in [3.63, 3.8) is 0 Å². The van der Waals surface area contributed by atoms with Gasteiger partial charge in [-0.25, -0.2) is 0 Å². The highest BCUT2D eigenvalue weighted by Crippen LogP contribution is 2.23. The van der Waals surface area contributed by atoms with Crippen molar-refractivity contribution in [1.82, 2.24) is 4.90 Å². The molecule has 0 aliphatic carbocycles. The van der Waals surface area contributed by atoms with Gasteiger partial charge >= 0.3 is 0 Å². The molecule has 1 aliphatic rings. The van der Waals surface area contributed by atoms with Crippen LogP contribution in [0.5, 0.6) is 0 Å². The van der Waals surface area contributed by atoms with Gasteiger partial charge in [-0.1, -0.05) is 12.1 Å². The number of nitrogens with two attached hydrogens (primary N) is 1. The minimum atomic E-state index is -0.410. The summed E-state index contributed by atoms with van der Waals surface area (Å²) in [6.07, 6.45) is 0.552. The Labute approximate surface area is 108 Å². The molecule has 0 radical (unpaired) electrons. The molecule has 18 heavy (non-hydrogen) atoms. The Bertz CT molecular complexity index is 395. The molecule has 100 valence electrons. The van der Waals surface area contributed by atoms with Crippen LogP contribution in [0.2, 0.25) is 0 Å². The Morgan fingerprint density at radius 1 is 1.50 bits per heavy atom. The molecular weight excluding hydrogens is 228 g/mol. The number of rotatable bonds is 5. The van der Waals surface area contributed by atoms with E-state index in [0.29, 0.717) is 19.8 Å². The second kappa shape index (κ2) is 6.18. The fraction of sp³-hybridized carbons (Fsp3) is 0.571. The van der Waals surface area contributed by atoms with E-state index in [-0.39, 0.29) is 0 Å². The first-order valence-electron chi connectivity index (χ1n) is 6.55. The highest BCUT2D eigenvalue weighted by atomic mass is 16.5. The van der Waals surface area contributed by atoms with Crippen LogP contribution in [0, 0.1) is 0 Å². The van der Waals surface area contributed by atoms with Crippen LogP contribution in [0.4, 0.5) is 5.69 Å². The van der Waals surface area contributed by atoms with Crippen LogP contribution in [0.15, 0.2) is 18.2 Å². The molecule has 1 heterocycles. The van der Waals surface area contributed by atoms with Gasteiger partial charge in [0, 0.05) is 31.9 Å². The van der Waals surface area contributed by atoms with Crippen molar-refractivity contribution >= 4 is 5.69 Å². The summed E-state index contributed by atoms with van der Waals surface area (Å²) in [6.45, 7) is 5.47. The Balaban J connectivity index is 1.92. The Morgan fingerprint density at radius 3 is 3.11 bits per heavy atom. The number of hydrogen-bond donors (Lipinski definition) is 2. The van der Waals surface area contributed by atoms with E-state index < -0.39 is 6.10 Å². The third-order valence-corrected chi connectivity index (χ3v) is 3.36. The third-order valence-electron chi connectivity index (χ3n) is 3.36. The number of ether oxygens (including phenoxy) is 1. The number of benzene rings is 1. The maximum absolute atomic E-state index is 9.84. The first-order valence-corrected chi connectivity index (χ1v) is 6.55. The van der Waals surface area contributed by atoms with Gasteiger partial charge in [-0.3, -0.25) is 4.90 Å². The summed E-state index contributed by atoms with van der Waals surface area (Å²) >= 11 is 0. The molecule has 1 atom stereocenters. The van der Waals surface area contributed by atoms with Crippen LogP contribution in [-0.4, -0.2) is 42.4 Å². The van der Waals surface area contributed by atoms with E-state index in [2.05, 4.69) is 11.0 Å². The predicted octanol–water partition coefficient (Wildman–Crippen LogP) is 1.02. The number of nitrogens with zero attached hydrogens (tertiary/aromatic N) is 1. The summed E-state index contributed by atoms with van der Waals surface area (Å²) in [5.74, 6) is 0. The van der Waals surface area contributed by atoms with Crippen LogP contribution in [0.1, 0.15) is 18.1 Å². The molecule has 0 bridgehead atoms. The van der Waals surface area contributed by atoms with Gasteiger partial charge in [0.15, 0.2) is 0 Å². The normalized spacial score (nSPS) is 17.4. The zero-order valence-electron chi connectivity index (χ0n) is 10.9. The maximum Gasteiger partial charge on any atom is 0.0900 e. The standard InChI is InChI=1S/C14H22N2O2/c1-2-18-10-12(17)9-16-7-6-13-11(8-16)4-3-5-14(13)15/h3-5,12,17H,2,6-10,15H2,1H3.